The third kappa shape index (κ3) is 6.31. The molecule has 12 heteroatoms. The van der Waals surface area contributed by atoms with Crippen LogP contribution in [0.2, 0.25) is 0 Å². The van der Waals surface area contributed by atoms with Crippen molar-refractivity contribution >= 4 is 70.4 Å². The number of benzene rings is 2. The van der Waals surface area contributed by atoms with Gasteiger partial charge in [-0.2, -0.15) is 0 Å². The minimum atomic E-state index is -0.535. The molecular formula is C22H16N4O6S2. The standard InChI is InChI=1S/2C11H8N2O3S/c2*14-7-3-1-6(2-4-7)5-8-9(15)12-11(17)13-10(8)16/h2*1-5,14H,(H2,12,13,15,16,17). The molecule has 0 spiro atoms. The summed E-state index contributed by atoms with van der Waals surface area (Å²) in [7, 11) is 0. The van der Waals surface area contributed by atoms with Gasteiger partial charge in [-0.15, -0.1) is 0 Å². The molecule has 2 aromatic rings. The summed E-state index contributed by atoms with van der Waals surface area (Å²) in [5, 5.41) is 27.6. The van der Waals surface area contributed by atoms with Crippen LogP contribution in [0.15, 0.2) is 59.7 Å². The fourth-order valence-corrected chi connectivity index (χ4v) is 3.06. The predicted molar refractivity (Wildman–Crippen MR) is 130 cm³/mol. The number of phenols is 2. The molecule has 172 valence electrons. The fourth-order valence-electron chi connectivity index (χ4n) is 2.69. The van der Waals surface area contributed by atoms with Gasteiger partial charge in [-0.05, 0) is 72.0 Å². The highest BCUT2D eigenvalue weighted by molar-refractivity contribution is 7.80. The number of carbonyl (C=O) groups is 4. The molecular weight excluding hydrogens is 480 g/mol. The van der Waals surface area contributed by atoms with Gasteiger partial charge >= 0.3 is 0 Å². The summed E-state index contributed by atoms with van der Waals surface area (Å²) < 4.78 is 0. The van der Waals surface area contributed by atoms with E-state index in [1.165, 1.54) is 36.4 Å². The van der Waals surface area contributed by atoms with Crippen molar-refractivity contribution in [2.75, 3.05) is 0 Å². The first-order valence-electron chi connectivity index (χ1n) is 9.47. The second kappa shape index (κ2) is 10.5. The van der Waals surface area contributed by atoms with Gasteiger partial charge in [0.1, 0.15) is 22.6 Å². The minimum Gasteiger partial charge on any atom is -0.508 e. The number of amides is 4. The van der Waals surface area contributed by atoms with E-state index in [9.17, 15) is 19.2 Å². The second-order valence-corrected chi connectivity index (χ2v) is 7.59. The van der Waals surface area contributed by atoms with Crippen molar-refractivity contribution in [1.82, 2.24) is 21.3 Å². The summed E-state index contributed by atoms with van der Waals surface area (Å²) in [6.45, 7) is 0. The van der Waals surface area contributed by atoms with Crippen molar-refractivity contribution in [3.05, 3.63) is 70.8 Å². The number of nitrogens with one attached hydrogen (secondary N) is 4. The lowest BCUT2D eigenvalue weighted by Crippen LogP contribution is -2.51. The van der Waals surface area contributed by atoms with Crippen molar-refractivity contribution in [3.63, 3.8) is 0 Å². The molecule has 2 aliphatic rings. The topological polar surface area (TPSA) is 157 Å². The molecule has 0 radical (unpaired) electrons. The van der Waals surface area contributed by atoms with Crippen LogP contribution in [0, 0.1) is 0 Å². The van der Waals surface area contributed by atoms with E-state index in [0.29, 0.717) is 11.1 Å². The molecule has 0 bridgehead atoms. The van der Waals surface area contributed by atoms with Crippen LogP contribution in [0.4, 0.5) is 0 Å². The van der Waals surface area contributed by atoms with E-state index in [0.717, 1.165) is 0 Å². The van der Waals surface area contributed by atoms with Gasteiger partial charge in [0.2, 0.25) is 0 Å². The molecule has 0 atom stereocenters. The van der Waals surface area contributed by atoms with Crippen LogP contribution in [-0.2, 0) is 19.2 Å². The second-order valence-electron chi connectivity index (χ2n) is 6.77. The number of aromatic hydroxyl groups is 2. The molecule has 0 aliphatic carbocycles. The van der Waals surface area contributed by atoms with Gasteiger partial charge in [0, 0.05) is 0 Å². The van der Waals surface area contributed by atoms with E-state index in [-0.39, 0.29) is 32.9 Å². The number of phenolic OH excluding ortho intramolecular Hbond substituents is 2. The molecule has 2 aromatic carbocycles. The average molecular weight is 497 g/mol. The number of hydrogen-bond donors (Lipinski definition) is 6. The molecule has 0 aromatic heterocycles. The zero-order valence-electron chi connectivity index (χ0n) is 17.1. The summed E-state index contributed by atoms with van der Waals surface area (Å²) in [4.78, 5) is 46.0. The van der Waals surface area contributed by atoms with Gasteiger partial charge in [-0.3, -0.25) is 40.4 Å². The molecule has 2 heterocycles. The third-order valence-corrected chi connectivity index (χ3v) is 4.70. The Morgan fingerprint density at radius 1 is 0.529 bits per heavy atom. The first kappa shape index (κ1) is 24.2. The monoisotopic (exact) mass is 496 g/mol. The third-order valence-electron chi connectivity index (χ3n) is 4.29. The minimum absolute atomic E-state index is 0.00264. The van der Waals surface area contributed by atoms with Crippen molar-refractivity contribution < 1.29 is 29.4 Å². The molecule has 34 heavy (non-hydrogen) atoms. The smallest absolute Gasteiger partial charge is 0.263 e. The lowest BCUT2D eigenvalue weighted by molar-refractivity contribution is -0.124. The van der Waals surface area contributed by atoms with Gasteiger partial charge in [0.15, 0.2) is 10.2 Å². The maximum absolute atomic E-state index is 11.5. The molecule has 2 saturated heterocycles. The normalized spacial score (nSPS) is 15.3. The first-order chi connectivity index (χ1) is 16.1. The highest BCUT2D eigenvalue weighted by atomic mass is 32.1. The van der Waals surface area contributed by atoms with Crippen LogP contribution in [0.25, 0.3) is 12.2 Å². The average Bonchev–Trinajstić information content (AvgIpc) is 2.76. The van der Waals surface area contributed by atoms with Gasteiger partial charge in [-0.1, -0.05) is 24.3 Å². The first-order valence-corrected chi connectivity index (χ1v) is 10.3. The predicted octanol–water partition coefficient (Wildman–Crippen LogP) is 0.613. The summed E-state index contributed by atoms with van der Waals surface area (Å²) in [5.74, 6) is -1.91. The Bertz CT molecular complexity index is 1120. The van der Waals surface area contributed by atoms with Crippen molar-refractivity contribution in [2.45, 2.75) is 0 Å². The number of rotatable bonds is 2. The Kier molecular flexibility index (Phi) is 7.46. The number of thiocarbonyl (C=S) groups is 2. The van der Waals surface area contributed by atoms with Gasteiger partial charge in [-0.25, -0.2) is 0 Å². The molecule has 4 rings (SSSR count). The lowest BCUT2D eigenvalue weighted by atomic mass is 10.1. The zero-order chi connectivity index (χ0) is 24.8. The molecule has 6 N–H and O–H groups in total. The highest BCUT2D eigenvalue weighted by Gasteiger charge is 2.26. The molecule has 2 aliphatic heterocycles. The number of carbonyl (C=O) groups excluding carboxylic acids is 4. The van der Waals surface area contributed by atoms with Gasteiger partial charge < -0.3 is 10.2 Å². The van der Waals surface area contributed by atoms with Crippen LogP contribution < -0.4 is 21.3 Å². The van der Waals surface area contributed by atoms with E-state index in [4.69, 9.17) is 10.2 Å². The highest BCUT2D eigenvalue weighted by Crippen LogP contribution is 2.15. The summed E-state index contributed by atoms with van der Waals surface area (Å²) in [6.07, 6.45) is 2.84. The molecule has 4 amide bonds. The molecule has 0 saturated carbocycles. The Morgan fingerprint density at radius 2 is 0.794 bits per heavy atom. The van der Waals surface area contributed by atoms with Gasteiger partial charge in [0.25, 0.3) is 23.6 Å². The SMILES string of the molecule is O=C1NC(=S)NC(=O)C1=Cc1ccc(O)cc1.O=C1NC(=S)NC(=O)C1=Cc1ccc(O)cc1. The molecule has 10 nitrogen and oxygen atoms in total. The number of hydrogen-bond acceptors (Lipinski definition) is 8. The zero-order valence-corrected chi connectivity index (χ0v) is 18.8. The summed E-state index contributed by atoms with van der Waals surface area (Å²) in [6, 6.07) is 12.2. The van der Waals surface area contributed by atoms with Crippen LogP contribution in [0.1, 0.15) is 11.1 Å². The van der Waals surface area contributed by atoms with Crippen LogP contribution >= 0.6 is 24.4 Å². The van der Waals surface area contributed by atoms with Crippen molar-refractivity contribution in [1.29, 1.82) is 0 Å². The van der Waals surface area contributed by atoms with E-state index in [1.807, 2.05) is 0 Å². The Hall–Kier alpha value is -4.42. The van der Waals surface area contributed by atoms with E-state index in [2.05, 4.69) is 45.7 Å². The Morgan fingerprint density at radius 3 is 1.06 bits per heavy atom. The Balaban J connectivity index is 0.000000191. The summed E-state index contributed by atoms with van der Waals surface area (Å²) in [5.41, 5.74) is 1.22. The Labute approximate surface area is 203 Å². The van der Waals surface area contributed by atoms with Crippen molar-refractivity contribution in [2.24, 2.45) is 0 Å². The lowest BCUT2D eigenvalue weighted by Gasteiger charge is -2.16. The molecule has 0 unspecified atom stereocenters. The summed E-state index contributed by atoms with van der Waals surface area (Å²) >= 11 is 9.34. The largest absolute Gasteiger partial charge is 0.508 e. The quantitative estimate of drug-likeness (QED) is 0.201. The van der Waals surface area contributed by atoms with E-state index >= 15 is 0 Å². The van der Waals surface area contributed by atoms with Gasteiger partial charge in [0.05, 0.1) is 0 Å². The van der Waals surface area contributed by atoms with Crippen LogP contribution in [0.3, 0.4) is 0 Å². The van der Waals surface area contributed by atoms with Crippen LogP contribution in [-0.4, -0.2) is 44.1 Å². The van der Waals surface area contributed by atoms with E-state index < -0.39 is 23.6 Å². The maximum Gasteiger partial charge on any atom is 0.263 e. The fraction of sp³-hybridized carbons (Fsp3) is 0. The molecule has 2 fully saturated rings. The van der Waals surface area contributed by atoms with Crippen LogP contribution in [0.5, 0.6) is 11.5 Å². The maximum atomic E-state index is 11.5. The van der Waals surface area contributed by atoms with Crippen molar-refractivity contribution in [3.8, 4) is 11.5 Å². The van der Waals surface area contributed by atoms with E-state index in [1.54, 1.807) is 24.3 Å².